The van der Waals surface area contributed by atoms with Crippen LogP contribution in [0.1, 0.15) is 41.7 Å². The topological polar surface area (TPSA) is 75.9 Å². The quantitative estimate of drug-likeness (QED) is 0.484. The number of nitrogen functional groups attached to an aromatic ring is 1. The monoisotopic (exact) mass is 347 g/mol. The molecule has 0 aromatic carbocycles. The molecule has 0 saturated carbocycles. The molecule has 142 valence electrons. The summed E-state index contributed by atoms with van der Waals surface area (Å²) in [6.45, 7) is 12.3. The van der Waals surface area contributed by atoms with Crippen molar-refractivity contribution in [2.24, 2.45) is 0 Å². The fraction of sp³-hybridized carbons (Fsp3) is 0.400. The van der Waals surface area contributed by atoms with Gasteiger partial charge in [-0.05, 0) is 56.5 Å². The van der Waals surface area contributed by atoms with Crippen LogP contribution in [0.5, 0.6) is 0 Å². The number of rotatable bonds is 8. The average molecular weight is 348 g/mol. The van der Waals surface area contributed by atoms with Crippen molar-refractivity contribution in [2.45, 2.75) is 33.1 Å². The number of hydrogen-bond acceptors (Lipinski definition) is 5. The lowest BCUT2D eigenvalue weighted by Gasteiger charge is -2.13. The van der Waals surface area contributed by atoms with Crippen LogP contribution < -0.4 is 16.4 Å². The molecule has 0 radical (unpaired) electrons. The van der Waals surface area contributed by atoms with Crippen LogP contribution in [-0.2, 0) is 0 Å². The molecule has 0 unspecified atom stereocenters. The molecule has 0 aliphatic heterocycles. The molecular weight excluding hydrogens is 310 g/mol. The van der Waals surface area contributed by atoms with Crippen LogP contribution in [0.2, 0.25) is 0 Å². The molecule has 2 aromatic heterocycles. The van der Waals surface area contributed by atoms with Crippen LogP contribution >= 0.6 is 0 Å². The van der Waals surface area contributed by atoms with Gasteiger partial charge < -0.3 is 16.4 Å². The third-order valence-electron chi connectivity index (χ3n) is 3.64. The fourth-order valence-electron chi connectivity index (χ4n) is 2.21. The van der Waals surface area contributed by atoms with Crippen molar-refractivity contribution < 1.29 is 4.28 Å². The lowest BCUT2D eigenvalue weighted by Crippen LogP contribution is -2.23. The molecule has 0 saturated heterocycles. The Labute approximate surface area is 156 Å². The van der Waals surface area contributed by atoms with Gasteiger partial charge >= 0.3 is 0 Å². The summed E-state index contributed by atoms with van der Waals surface area (Å²) in [6, 6.07) is 8.05. The number of pyridine rings is 2. The highest BCUT2D eigenvalue weighted by molar-refractivity contribution is 5.60. The molecule has 2 aromatic rings. The smallest absolute Gasteiger partial charge is 0.146 e. The van der Waals surface area contributed by atoms with Crippen LogP contribution in [-0.4, -0.2) is 29.6 Å². The van der Waals surface area contributed by atoms with Crippen LogP contribution in [0.25, 0.3) is 0 Å². The molecule has 2 heterocycles. The minimum atomic E-state index is 0. The Morgan fingerprint density at radius 1 is 1.28 bits per heavy atom. The van der Waals surface area contributed by atoms with Gasteiger partial charge in [0.15, 0.2) is 0 Å². The number of aromatic nitrogens is 2. The van der Waals surface area contributed by atoms with Crippen molar-refractivity contribution >= 4 is 11.5 Å². The zero-order chi connectivity index (χ0) is 18.5. The second kappa shape index (κ2) is 12.0. The normalized spacial score (nSPS) is 11.2. The SMILES string of the molecule is C=CC.Cc1ccc([C@H](C)CNCCCNc2cccnc2N)cn1.[HH].[HH].[HH]. The minimum Gasteiger partial charge on any atom is -0.382 e. The third kappa shape index (κ3) is 8.31. The molecule has 4 N–H and O–H groups in total. The Balaban J connectivity index is -0.000000978. The summed E-state index contributed by atoms with van der Waals surface area (Å²) in [7, 11) is 0. The third-order valence-corrected chi connectivity index (χ3v) is 3.64. The molecular formula is C20H37N5. The van der Waals surface area contributed by atoms with Crippen molar-refractivity contribution in [3.05, 3.63) is 60.6 Å². The van der Waals surface area contributed by atoms with Gasteiger partial charge in [-0.3, -0.25) is 4.98 Å². The summed E-state index contributed by atoms with van der Waals surface area (Å²) in [4.78, 5) is 8.39. The van der Waals surface area contributed by atoms with E-state index in [1.165, 1.54) is 5.56 Å². The Hall–Kier alpha value is -2.40. The molecule has 0 aliphatic carbocycles. The van der Waals surface area contributed by atoms with E-state index in [2.05, 4.69) is 46.2 Å². The Bertz CT molecular complexity index is 623. The number of aryl methyl sites for hydroxylation is 1. The molecule has 0 amide bonds. The van der Waals surface area contributed by atoms with E-state index >= 15 is 0 Å². The second-order valence-corrected chi connectivity index (χ2v) is 5.96. The maximum absolute atomic E-state index is 5.78. The number of hydrogen-bond donors (Lipinski definition) is 3. The average Bonchev–Trinajstić information content (AvgIpc) is 2.60. The maximum atomic E-state index is 5.78. The van der Waals surface area contributed by atoms with Crippen LogP contribution in [0.3, 0.4) is 0 Å². The molecule has 0 aliphatic rings. The van der Waals surface area contributed by atoms with Crippen molar-refractivity contribution in [2.75, 3.05) is 30.7 Å². The Kier molecular flexibility index (Phi) is 9.94. The van der Waals surface area contributed by atoms with E-state index in [1.54, 1.807) is 12.3 Å². The number of nitrogens with one attached hydrogen (secondary N) is 2. The van der Waals surface area contributed by atoms with E-state index < -0.39 is 0 Å². The molecule has 0 spiro atoms. The molecule has 5 nitrogen and oxygen atoms in total. The van der Waals surface area contributed by atoms with Gasteiger partial charge in [0.2, 0.25) is 0 Å². The summed E-state index contributed by atoms with van der Waals surface area (Å²) in [6.07, 6.45) is 6.45. The van der Waals surface area contributed by atoms with Gasteiger partial charge in [-0.2, -0.15) is 0 Å². The molecule has 1 atom stereocenters. The van der Waals surface area contributed by atoms with E-state index in [0.717, 1.165) is 37.4 Å². The van der Waals surface area contributed by atoms with Crippen molar-refractivity contribution in [1.82, 2.24) is 15.3 Å². The fourth-order valence-corrected chi connectivity index (χ4v) is 2.21. The van der Waals surface area contributed by atoms with Gasteiger partial charge in [0.1, 0.15) is 5.82 Å². The second-order valence-electron chi connectivity index (χ2n) is 5.96. The Morgan fingerprint density at radius 2 is 2.04 bits per heavy atom. The lowest BCUT2D eigenvalue weighted by molar-refractivity contribution is 0.602. The van der Waals surface area contributed by atoms with E-state index in [0.29, 0.717) is 11.7 Å². The summed E-state index contributed by atoms with van der Waals surface area (Å²) < 4.78 is 0. The van der Waals surface area contributed by atoms with Gasteiger partial charge in [0, 0.05) is 35.5 Å². The molecule has 0 fully saturated rings. The Morgan fingerprint density at radius 3 is 2.68 bits per heavy atom. The van der Waals surface area contributed by atoms with Gasteiger partial charge in [0.25, 0.3) is 0 Å². The van der Waals surface area contributed by atoms with Gasteiger partial charge in [0.05, 0.1) is 5.69 Å². The van der Waals surface area contributed by atoms with Crippen molar-refractivity contribution in [1.29, 1.82) is 0 Å². The number of nitrogens with zero attached hydrogens (tertiary/aromatic N) is 2. The van der Waals surface area contributed by atoms with E-state index in [4.69, 9.17) is 5.73 Å². The highest BCUT2D eigenvalue weighted by atomic mass is 15.0. The molecule has 25 heavy (non-hydrogen) atoms. The van der Waals surface area contributed by atoms with E-state index in [1.807, 2.05) is 32.2 Å². The first-order valence-corrected chi connectivity index (χ1v) is 8.73. The minimum absolute atomic E-state index is 0. The first-order chi connectivity index (χ1) is 12.1. The zero-order valence-corrected chi connectivity index (χ0v) is 15.6. The number of anilines is 2. The highest BCUT2D eigenvalue weighted by Crippen LogP contribution is 2.14. The highest BCUT2D eigenvalue weighted by Gasteiger charge is 2.05. The first-order valence-electron chi connectivity index (χ1n) is 8.73. The van der Waals surface area contributed by atoms with Gasteiger partial charge in [-0.15, -0.1) is 6.58 Å². The molecule has 2 rings (SSSR count). The zero-order valence-electron chi connectivity index (χ0n) is 15.6. The van der Waals surface area contributed by atoms with Crippen LogP contribution in [0.15, 0.2) is 49.3 Å². The van der Waals surface area contributed by atoms with Crippen LogP contribution in [0, 0.1) is 6.92 Å². The lowest BCUT2D eigenvalue weighted by atomic mass is 10.0. The predicted molar refractivity (Wildman–Crippen MR) is 114 cm³/mol. The summed E-state index contributed by atoms with van der Waals surface area (Å²) in [5, 5.41) is 6.79. The number of allylic oxidation sites excluding steroid dienone is 1. The number of nitrogens with two attached hydrogens (primary N) is 1. The van der Waals surface area contributed by atoms with Gasteiger partial charge in [-0.1, -0.05) is 19.1 Å². The van der Waals surface area contributed by atoms with Gasteiger partial charge in [-0.25, -0.2) is 4.98 Å². The van der Waals surface area contributed by atoms with Crippen LogP contribution in [0.4, 0.5) is 11.5 Å². The largest absolute Gasteiger partial charge is 0.382 e. The molecule has 0 bridgehead atoms. The van der Waals surface area contributed by atoms with E-state index in [9.17, 15) is 0 Å². The maximum Gasteiger partial charge on any atom is 0.146 e. The molecule has 5 heteroatoms. The summed E-state index contributed by atoms with van der Waals surface area (Å²) in [5.74, 6) is 1.02. The standard InChI is InChI=1S/C17H25N5.C3H6.3H2/c1-13(15-7-6-14(2)22-12-15)11-19-8-4-10-20-16-5-3-9-21-17(16)18;1-3-2;;;/h3,5-7,9,12-13,19-20H,4,8,10-11H2,1-2H3,(H2,18,21);3H,1H2,2H3;3*1H/t13-;;;;/m1..../s1. The summed E-state index contributed by atoms with van der Waals surface area (Å²) in [5.41, 5.74) is 9.02. The van der Waals surface area contributed by atoms with E-state index in [-0.39, 0.29) is 4.28 Å². The summed E-state index contributed by atoms with van der Waals surface area (Å²) >= 11 is 0. The van der Waals surface area contributed by atoms with Crippen molar-refractivity contribution in [3.8, 4) is 0 Å². The van der Waals surface area contributed by atoms with Crippen molar-refractivity contribution in [3.63, 3.8) is 0 Å². The predicted octanol–water partition coefficient (Wildman–Crippen LogP) is 4.49. The first kappa shape index (κ1) is 20.6.